The van der Waals surface area contributed by atoms with Gasteiger partial charge in [0.05, 0.1) is 6.61 Å². The number of aromatic nitrogens is 2. The van der Waals surface area contributed by atoms with Crippen molar-refractivity contribution >= 4 is 17.5 Å². The molecule has 0 radical (unpaired) electrons. The highest BCUT2D eigenvalue weighted by Gasteiger charge is 2.08. The molecule has 3 rings (SSSR count). The van der Waals surface area contributed by atoms with Crippen molar-refractivity contribution in [2.24, 2.45) is 5.92 Å². The Bertz CT molecular complexity index is 984. The van der Waals surface area contributed by atoms with Crippen molar-refractivity contribution in [3.05, 3.63) is 78.1 Å². The lowest BCUT2D eigenvalue weighted by Gasteiger charge is -2.11. The van der Waals surface area contributed by atoms with Crippen molar-refractivity contribution in [3.8, 4) is 5.75 Å². The molecule has 0 atom stereocenters. The molecule has 2 aromatic carbocycles. The molecule has 0 spiro atoms. The molecule has 0 aliphatic rings. The number of anilines is 1. The van der Waals surface area contributed by atoms with E-state index in [2.05, 4.69) is 29.6 Å². The molecule has 1 aromatic heterocycles. The number of nitrogens with zero attached hydrogens (tertiary/aromatic N) is 2. The average Bonchev–Trinajstić information content (AvgIpc) is 3.24. The molecular weight excluding hydrogens is 380 g/mol. The second-order valence-electron chi connectivity index (χ2n) is 7.37. The molecule has 0 fully saturated rings. The smallest absolute Gasteiger partial charge is 0.251 e. The average molecular weight is 406 g/mol. The van der Waals surface area contributed by atoms with E-state index in [1.54, 1.807) is 41.3 Å². The molecule has 30 heavy (non-hydrogen) atoms. The van der Waals surface area contributed by atoms with Gasteiger partial charge in [-0.3, -0.25) is 14.3 Å². The molecule has 0 saturated heterocycles. The Labute approximate surface area is 176 Å². The minimum absolute atomic E-state index is 0.142. The number of nitrogens with one attached hydrogen (secondary N) is 2. The number of amides is 2. The number of carbonyl (C=O) groups excluding carboxylic acids is 2. The van der Waals surface area contributed by atoms with Crippen molar-refractivity contribution < 1.29 is 14.3 Å². The highest BCUT2D eigenvalue weighted by Crippen LogP contribution is 2.15. The normalized spacial score (nSPS) is 10.6. The molecule has 7 heteroatoms. The lowest BCUT2D eigenvalue weighted by Crippen LogP contribution is -2.23. The summed E-state index contributed by atoms with van der Waals surface area (Å²) in [7, 11) is 0. The Morgan fingerprint density at radius 1 is 1.10 bits per heavy atom. The number of rotatable bonds is 9. The SMILES string of the molecule is CC(C)COc1cccc(C(=O)NCc2cccc(NC(=O)Cn3cccn3)c2)c1. The van der Waals surface area contributed by atoms with E-state index >= 15 is 0 Å². The Kier molecular flexibility index (Phi) is 7.21. The fraction of sp³-hybridized carbons (Fsp3) is 0.261. The first-order valence-electron chi connectivity index (χ1n) is 9.87. The molecular formula is C23H26N4O3. The second kappa shape index (κ2) is 10.2. The van der Waals surface area contributed by atoms with Crippen LogP contribution in [0.15, 0.2) is 67.0 Å². The Morgan fingerprint density at radius 2 is 1.93 bits per heavy atom. The lowest BCUT2D eigenvalue weighted by atomic mass is 10.1. The topological polar surface area (TPSA) is 85.3 Å². The van der Waals surface area contributed by atoms with Gasteiger partial charge in [-0.15, -0.1) is 0 Å². The lowest BCUT2D eigenvalue weighted by molar-refractivity contribution is -0.116. The van der Waals surface area contributed by atoms with Gasteiger partial charge in [0.2, 0.25) is 5.91 Å². The molecule has 0 aliphatic carbocycles. The van der Waals surface area contributed by atoms with Crippen LogP contribution < -0.4 is 15.4 Å². The molecule has 0 unspecified atom stereocenters. The summed E-state index contributed by atoms with van der Waals surface area (Å²) in [5.74, 6) is 0.740. The number of hydrogen-bond acceptors (Lipinski definition) is 4. The van der Waals surface area contributed by atoms with Gasteiger partial charge in [-0.05, 0) is 47.9 Å². The number of carbonyl (C=O) groups is 2. The molecule has 0 bridgehead atoms. The number of benzene rings is 2. The van der Waals surface area contributed by atoms with Crippen LogP contribution >= 0.6 is 0 Å². The van der Waals surface area contributed by atoms with E-state index in [0.29, 0.717) is 36.1 Å². The van der Waals surface area contributed by atoms with Crippen LogP contribution in [0.1, 0.15) is 29.8 Å². The number of ether oxygens (including phenoxy) is 1. The van der Waals surface area contributed by atoms with E-state index in [9.17, 15) is 9.59 Å². The van der Waals surface area contributed by atoms with Crippen molar-refractivity contribution in [1.29, 1.82) is 0 Å². The highest BCUT2D eigenvalue weighted by atomic mass is 16.5. The van der Waals surface area contributed by atoms with E-state index in [0.717, 1.165) is 5.56 Å². The fourth-order valence-electron chi connectivity index (χ4n) is 2.78. The van der Waals surface area contributed by atoms with Gasteiger partial charge in [-0.2, -0.15) is 5.10 Å². The largest absolute Gasteiger partial charge is 0.493 e. The van der Waals surface area contributed by atoms with Gasteiger partial charge in [-0.1, -0.05) is 32.0 Å². The third-order valence-corrected chi connectivity index (χ3v) is 4.21. The monoisotopic (exact) mass is 406 g/mol. The van der Waals surface area contributed by atoms with Crippen LogP contribution in [0.3, 0.4) is 0 Å². The molecule has 2 N–H and O–H groups in total. The van der Waals surface area contributed by atoms with Crippen molar-refractivity contribution in [3.63, 3.8) is 0 Å². The van der Waals surface area contributed by atoms with E-state index in [1.807, 2.05) is 30.3 Å². The Morgan fingerprint density at radius 3 is 2.70 bits per heavy atom. The van der Waals surface area contributed by atoms with E-state index < -0.39 is 0 Å². The zero-order chi connectivity index (χ0) is 21.3. The molecule has 156 valence electrons. The van der Waals surface area contributed by atoms with Gasteiger partial charge in [-0.25, -0.2) is 0 Å². The van der Waals surface area contributed by atoms with Crippen LogP contribution in [0.4, 0.5) is 5.69 Å². The van der Waals surface area contributed by atoms with Gasteiger partial charge in [0.15, 0.2) is 0 Å². The zero-order valence-corrected chi connectivity index (χ0v) is 17.2. The van der Waals surface area contributed by atoms with Crippen molar-refractivity contribution in [2.75, 3.05) is 11.9 Å². The molecule has 0 aliphatic heterocycles. The maximum absolute atomic E-state index is 12.5. The van der Waals surface area contributed by atoms with Crippen LogP contribution in [-0.2, 0) is 17.9 Å². The first-order chi connectivity index (χ1) is 14.5. The summed E-state index contributed by atoms with van der Waals surface area (Å²) in [6.07, 6.45) is 3.36. The third kappa shape index (κ3) is 6.48. The number of hydrogen-bond donors (Lipinski definition) is 2. The third-order valence-electron chi connectivity index (χ3n) is 4.21. The van der Waals surface area contributed by atoms with E-state index in [4.69, 9.17) is 4.74 Å². The van der Waals surface area contributed by atoms with Gasteiger partial charge in [0, 0.05) is 30.2 Å². The maximum atomic E-state index is 12.5. The van der Waals surface area contributed by atoms with Crippen molar-refractivity contribution in [2.45, 2.75) is 26.9 Å². The summed E-state index contributed by atoms with van der Waals surface area (Å²) >= 11 is 0. The van der Waals surface area contributed by atoms with Crippen LogP contribution in [0.25, 0.3) is 0 Å². The van der Waals surface area contributed by atoms with Crippen LogP contribution in [0.5, 0.6) is 5.75 Å². The quantitative estimate of drug-likeness (QED) is 0.570. The summed E-state index contributed by atoms with van der Waals surface area (Å²) in [6.45, 7) is 5.24. The minimum atomic E-state index is -0.182. The van der Waals surface area contributed by atoms with Crippen LogP contribution in [0, 0.1) is 5.92 Å². The van der Waals surface area contributed by atoms with E-state index in [1.165, 1.54) is 0 Å². The highest BCUT2D eigenvalue weighted by molar-refractivity contribution is 5.94. The summed E-state index contributed by atoms with van der Waals surface area (Å²) in [5.41, 5.74) is 2.09. The Hall–Kier alpha value is -3.61. The molecule has 2 amide bonds. The Balaban J connectivity index is 1.54. The summed E-state index contributed by atoms with van der Waals surface area (Å²) < 4.78 is 7.24. The van der Waals surface area contributed by atoms with Gasteiger partial charge in [0.25, 0.3) is 5.91 Å². The maximum Gasteiger partial charge on any atom is 0.251 e. The standard InChI is InChI=1S/C23H26N4O3/c1-17(2)16-30-21-9-4-7-19(13-21)23(29)24-14-18-6-3-8-20(12-18)26-22(28)15-27-11-5-10-25-27/h3-13,17H,14-16H2,1-2H3,(H,24,29)(H,26,28). The predicted molar refractivity (Wildman–Crippen MR) is 115 cm³/mol. The second-order valence-corrected chi connectivity index (χ2v) is 7.37. The summed E-state index contributed by atoms with van der Waals surface area (Å²) in [5, 5.41) is 9.76. The van der Waals surface area contributed by atoms with Crippen molar-refractivity contribution in [1.82, 2.24) is 15.1 Å². The van der Waals surface area contributed by atoms with Crippen LogP contribution in [0.2, 0.25) is 0 Å². The van der Waals surface area contributed by atoms with Gasteiger partial charge in [0.1, 0.15) is 12.3 Å². The summed E-state index contributed by atoms with van der Waals surface area (Å²) in [6, 6.07) is 16.3. The summed E-state index contributed by atoms with van der Waals surface area (Å²) in [4.78, 5) is 24.6. The van der Waals surface area contributed by atoms with Crippen LogP contribution in [-0.4, -0.2) is 28.2 Å². The van der Waals surface area contributed by atoms with Gasteiger partial charge < -0.3 is 15.4 Å². The molecule has 7 nitrogen and oxygen atoms in total. The molecule has 1 heterocycles. The molecule has 3 aromatic rings. The fourth-order valence-corrected chi connectivity index (χ4v) is 2.78. The van der Waals surface area contributed by atoms with Gasteiger partial charge >= 0.3 is 0 Å². The van der Waals surface area contributed by atoms with E-state index in [-0.39, 0.29) is 18.4 Å². The first kappa shape index (κ1) is 21.1. The minimum Gasteiger partial charge on any atom is -0.493 e. The zero-order valence-electron chi connectivity index (χ0n) is 17.2. The predicted octanol–water partition coefficient (Wildman–Crippen LogP) is 3.49. The molecule has 0 saturated carbocycles. The first-order valence-corrected chi connectivity index (χ1v) is 9.87.